The number of benzene rings is 1. The topological polar surface area (TPSA) is 41.1 Å². The quantitative estimate of drug-likeness (QED) is 0.816. The Morgan fingerprint density at radius 1 is 1.19 bits per heavy atom. The van der Waals surface area contributed by atoms with Gasteiger partial charge in [0.1, 0.15) is 0 Å². The molecule has 2 N–H and O–H groups in total. The molecule has 1 aliphatic rings. The lowest BCUT2D eigenvalue weighted by Gasteiger charge is -2.09. The summed E-state index contributed by atoms with van der Waals surface area (Å²) in [6, 6.07) is 8.55. The maximum atomic E-state index is 11.5. The lowest BCUT2D eigenvalue weighted by Crippen LogP contribution is -2.17. The molecule has 1 saturated carbocycles. The van der Waals surface area contributed by atoms with Crippen molar-refractivity contribution in [2.24, 2.45) is 5.92 Å². The Bertz CT molecular complexity index is 366. The van der Waals surface area contributed by atoms with Gasteiger partial charge >= 0.3 is 0 Å². The van der Waals surface area contributed by atoms with Gasteiger partial charge in [-0.3, -0.25) is 4.79 Å². The lowest BCUT2D eigenvalue weighted by atomic mass is 10.2. The van der Waals surface area contributed by atoms with Gasteiger partial charge in [0.15, 0.2) is 0 Å². The molecule has 1 aromatic carbocycles. The largest absolute Gasteiger partial charge is 0.382 e. The third-order valence-electron chi connectivity index (χ3n) is 2.62. The van der Waals surface area contributed by atoms with E-state index in [9.17, 15) is 4.79 Å². The summed E-state index contributed by atoms with van der Waals surface area (Å²) in [6.07, 6.45) is 2.54. The standard InChI is InChI=1S/C13H18N2O/c1-9(2)13(16)15-12-7-5-11(6-8-12)14-10-3-4-10/h5-10,14H,3-4H2,1-2H3,(H,15,16). The van der Waals surface area contributed by atoms with E-state index in [1.54, 1.807) is 0 Å². The van der Waals surface area contributed by atoms with Crippen LogP contribution in [0.1, 0.15) is 26.7 Å². The minimum absolute atomic E-state index is 0.0178. The molecule has 1 aliphatic carbocycles. The molecule has 0 atom stereocenters. The van der Waals surface area contributed by atoms with Crippen LogP contribution >= 0.6 is 0 Å². The molecule has 0 saturated heterocycles. The summed E-state index contributed by atoms with van der Waals surface area (Å²) in [5.41, 5.74) is 1.99. The van der Waals surface area contributed by atoms with Crippen molar-refractivity contribution in [3.8, 4) is 0 Å². The number of nitrogens with one attached hydrogen (secondary N) is 2. The number of carbonyl (C=O) groups is 1. The van der Waals surface area contributed by atoms with Crippen LogP contribution in [-0.2, 0) is 4.79 Å². The Morgan fingerprint density at radius 2 is 1.75 bits per heavy atom. The molecule has 0 unspecified atom stereocenters. The lowest BCUT2D eigenvalue weighted by molar-refractivity contribution is -0.118. The maximum absolute atomic E-state index is 11.5. The summed E-state index contributed by atoms with van der Waals surface area (Å²) in [5, 5.41) is 6.28. The second-order valence-corrected chi connectivity index (χ2v) is 4.64. The first-order valence-corrected chi connectivity index (χ1v) is 5.82. The molecule has 0 radical (unpaired) electrons. The molecule has 1 fully saturated rings. The van der Waals surface area contributed by atoms with Crippen LogP contribution in [0.15, 0.2) is 24.3 Å². The van der Waals surface area contributed by atoms with Gasteiger partial charge in [-0.2, -0.15) is 0 Å². The van der Waals surface area contributed by atoms with Crippen LogP contribution in [-0.4, -0.2) is 11.9 Å². The van der Waals surface area contributed by atoms with E-state index in [-0.39, 0.29) is 11.8 Å². The van der Waals surface area contributed by atoms with E-state index in [0.29, 0.717) is 6.04 Å². The van der Waals surface area contributed by atoms with Crippen LogP contribution in [0.5, 0.6) is 0 Å². The highest BCUT2D eigenvalue weighted by molar-refractivity contribution is 5.92. The Morgan fingerprint density at radius 3 is 2.25 bits per heavy atom. The van der Waals surface area contributed by atoms with Gasteiger partial charge in [-0.15, -0.1) is 0 Å². The molecule has 2 rings (SSSR count). The Kier molecular flexibility index (Phi) is 3.13. The first kappa shape index (κ1) is 11.0. The molecule has 3 heteroatoms. The van der Waals surface area contributed by atoms with Crippen molar-refractivity contribution < 1.29 is 4.79 Å². The summed E-state index contributed by atoms with van der Waals surface area (Å²) in [4.78, 5) is 11.5. The van der Waals surface area contributed by atoms with E-state index < -0.39 is 0 Å². The number of carbonyl (C=O) groups excluding carboxylic acids is 1. The van der Waals surface area contributed by atoms with Gasteiger partial charge in [0.2, 0.25) is 5.91 Å². The highest BCUT2D eigenvalue weighted by Gasteiger charge is 2.20. The molecule has 0 aromatic heterocycles. The van der Waals surface area contributed by atoms with Crippen molar-refractivity contribution in [3.05, 3.63) is 24.3 Å². The molecule has 0 spiro atoms. The van der Waals surface area contributed by atoms with Crippen molar-refractivity contribution in [2.75, 3.05) is 10.6 Å². The summed E-state index contributed by atoms with van der Waals surface area (Å²) >= 11 is 0. The third kappa shape index (κ3) is 2.99. The number of hydrogen-bond acceptors (Lipinski definition) is 2. The fourth-order valence-corrected chi connectivity index (χ4v) is 1.40. The molecule has 3 nitrogen and oxygen atoms in total. The third-order valence-corrected chi connectivity index (χ3v) is 2.62. The SMILES string of the molecule is CC(C)C(=O)Nc1ccc(NC2CC2)cc1. The Labute approximate surface area is 96.2 Å². The predicted molar refractivity (Wildman–Crippen MR) is 66.6 cm³/mol. The number of amides is 1. The highest BCUT2D eigenvalue weighted by atomic mass is 16.1. The fourth-order valence-electron chi connectivity index (χ4n) is 1.40. The van der Waals surface area contributed by atoms with Crippen LogP contribution < -0.4 is 10.6 Å². The number of rotatable bonds is 4. The molecule has 0 aliphatic heterocycles. The van der Waals surface area contributed by atoms with Gasteiger partial charge in [-0.05, 0) is 37.1 Å². The Balaban J connectivity index is 1.93. The second-order valence-electron chi connectivity index (χ2n) is 4.64. The molecule has 1 amide bonds. The van der Waals surface area contributed by atoms with E-state index >= 15 is 0 Å². The predicted octanol–water partition coefficient (Wildman–Crippen LogP) is 2.86. The molecule has 0 bridgehead atoms. The first-order valence-electron chi connectivity index (χ1n) is 5.82. The van der Waals surface area contributed by atoms with Gasteiger partial charge in [-0.1, -0.05) is 13.8 Å². The van der Waals surface area contributed by atoms with E-state index in [2.05, 4.69) is 10.6 Å². The maximum Gasteiger partial charge on any atom is 0.226 e. The molecular formula is C13H18N2O. The van der Waals surface area contributed by atoms with Gasteiger partial charge in [-0.25, -0.2) is 0 Å². The monoisotopic (exact) mass is 218 g/mol. The fraction of sp³-hybridized carbons (Fsp3) is 0.462. The van der Waals surface area contributed by atoms with Gasteiger partial charge in [0.05, 0.1) is 0 Å². The van der Waals surface area contributed by atoms with Crippen molar-refractivity contribution >= 4 is 17.3 Å². The molecule has 1 aromatic rings. The van der Waals surface area contributed by atoms with Crippen LogP contribution in [0.2, 0.25) is 0 Å². The second kappa shape index (κ2) is 4.56. The normalized spacial score (nSPS) is 14.9. The van der Waals surface area contributed by atoms with E-state index in [1.807, 2.05) is 38.1 Å². The Hall–Kier alpha value is -1.51. The van der Waals surface area contributed by atoms with Crippen molar-refractivity contribution in [3.63, 3.8) is 0 Å². The molecule has 16 heavy (non-hydrogen) atoms. The van der Waals surface area contributed by atoms with Crippen LogP contribution in [0.25, 0.3) is 0 Å². The van der Waals surface area contributed by atoms with Crippen LogP contribution in [0.4, 0.5) is 11.4 Å². The van der Waals surface area contributed by atoms with Crippen LogP contribution in [0, 0.1) is 5.92 Å². The minimum atomic E-state index is 0.0178. The van der Waals surface area contributed by atoms with Crippen molar-refractivity contribution in [1.29, 1.82) is 0 Å². The summed E-state index contributed by atoms with van der Waals surface area (Å²) in [5.74, 6) is 0.0761. The molecule has 0 heterocycles. The zero-order valence-corrected chi connectivity index (χ0v) is 9.79. The van der Waals surface area contributed by atoms with E-state index in [4.69, 9.17) is 0 Å². The average molecular weight is 218 g/mol. The smallest absolute Gasteiger partial charge is 0.226 e. The van der Waals surface area contributed by atoms with Crippen molar-refractivity contribution in [2.45, 2.75) is 32.7 Å². The summed E-state index contributed by atoms with van der Waals surface area (Å²) in [6.45, 7) is 3.77. The summed E-state index contributed by atoms with van der Waals surface area (Å²) in [7, 11) is 0. The van der Waals surface area contributed by atoms with Crippen molar-refractivity contribution in [1.82, 2.24) is 0 Å². The zero-order chi connectivity index (χ0) is 11.5. The van der Waals surface area contributed by atoms with Gasteiger partial charge < -0.3 is 10.6 Å². The number of hydrogen-bond donors (Lipinski definition) is 2. The number of anilines is 2. The van der Waals surface area contributed by atoms with Crippen LogP contribution in [0.3, 0.4) is 0 Å². The first-order chi connectivity index (χ1) is 7.65. The average Bonchev–Trinajstić information content (AvgIpc) is 3.04. The minimum Gasteiger partial charge on any atom is -0.382 e. The zero-order valence-electron chi connectivity index (χ0n) is 9.79. The molecule has 86 valence electrons. The van der Waals surface area contributed by atoms with E-state index in [1.165, 1.54) is 12.8 Å². The van der Waals surface area contributed by atoms with E-state index in [0.717, 1.165) is 11.4 Å². The van der Waals surface area contributed by atoms with Gasteiger partial charge in [0, 0.05) is 23.3 Å². The van der Waals surface area contributed by atoms with Gasteiger partial charge in [0.25, 0.3) is 0 Å². The summed E-state index contributed by atoms with van der Waals surface area (Å²) < 4.78 is 0. The molecular weight excluding hydrogens is 200 g/mol. The highest BCUT2D eigenvalue weighted by Crippen LogP contribution is 2.25.